The molecule has 0 aliphatic carbocycles. The number of aromatic carboxylic acids is 1. The first-order chi connectivity index (χ1) is 10.0. The van der Waals surface area contributed by atoms with Gasteiger partial charge < -0.3 is 15.2 Å². The molecule has 0 fully saturated rings. The molecular weight excluding hydrogens is 270 g/mol. The molecule has 0 spiro atoms. The van der Waals surface area contributed by atoms with Crippen molar-refractivity contribution < 1.29 is 19.4 Å². The predicted octanol–water partition coefficient (Wildman–Crippen LogP) is 2.95. The summed E-state index contributed by atoms with van der Waals surface area (Å²) >= 11 is 0. The number of benzene rings is 2. The summed E-state index contributed by atoms with van der Waals surface area (Å²) in [7, 11) is 1.53. The van der Waals surface area contributed by atoms with Crippen molar-refractivity contribution in [2.75, 3.05) is 12.4 Å². The Balaban J connectivity index is 2.21. The van der Waals surface area contributed by atoms with Crippen molar-refractivity contribution in [2.24, 2.45) is 0 Å². The van der Waals surface area contributed by atoms with Crippen molar-refractivity contribution in [3.63, 3.8) is 0 Å². The van der Waals surface area contributed by atoms with Gasteiger partial charge in [-0.25, -0.2) is 4.79 Å². The highest BCUT2D eigenvalue weighted by Crippen LogP contribution is 2.19. The van der Waals surface area contributed by atoms with Gasteiger partial charge in [0.1, 0.15) is 5.75 Å². The van der Waals surface area contributed by atoms with Gasteiger partial charge in [0.2, 0.25) is 0 Å². The third kappa shape index (κ3) is 3.39. The largest absolute Gasteiger partial charge is 0.497 e. The van der Waals surface area contributed by atoms with E-state index >= 15 is 0 Å². The monoisotopic (exact) mass is 285 g/mol. The molecule has 2 N–H and O–H groups in total. The lowest BCUT2D eigenvalue weighted by Crippen LogP contribution is -2.13. The maximum absolute atomic E-state index is 12.2. The number of carboxylic acid groups (broad SMARTS) is 1. The summed E-state index contributed by atoms with van der Waals surface area (Å²) in [5.74, 6) is -0.676. The lowest BCUT2D eigenvalue weighted by molar-refractivity contribution is 0.0696. The average Bonchev–Trinajstić information content (AvgIpc) is 2.49. The molecule has 0 aromatic heterocycles. The van der Waals surface area contributed by atoms with Gasteiger partial charge in [-0.3, -0.25) is 4.79 Å². The Morgan fingerprint density at radius 2 is 1.86 bits per heavy atom. The van der Waals surface area contributed by atoms with Crippen LogP contribution in [-0.4, -0.2) is 24.1 Å². The van der Waals surface area contributed by atoms with Crippen LogP contribution in [0.2, 0.25) is 0 Å². The van der Waals surface area contributed by atoms with E-state index in [4.69, 9.17) is 9.84 Å². The summed E-state index contributed by atoms with van der Waals surface area (Å²) in [6, 6.07) is 11.4. The van der Waals surface area contributed by atoms with Crippen LogP contribution in [0.15, 0.2) is 42.5 Å². The Morgan fingerprint density at radius 1 is 1.10 bits per heavy atom. The van der Waals surface area contributed by atoms with E-state index in [1.165, 1.54) is 19.2 Å². The third-order valence-corrected chi connectivity index (χ3v) is 3.05. The minimum absolute atomic E-state index is 0.187. The second kappa shape index (κ2) is 6.09. The summed E-state index contributed by atoms with van der Waals surface area (Å²) in [4.78, 5) is 23.0. The number of rotatable bonds is 4. The lowest BCUT2D eigenvalue weighted by atomic mass is 10.1. The van der Waals surface area contributed by atoms with Crippen molar-refractivity contribution in [3.8, 4) is 5.75 Å². The zero-order valence-electron chi connectivity index (χ0n) is 11.7. The number of carboxylic acids is 1. The number of hydrogen-bond acceptors (Lipinski definition) is 3. The zero-order chi connectivity index (χ0) is 15.4. The fraction of sp³-hybridized carbons (Fsp3) is 0.125. The Labute approximate surface area is 122 Å². The summed E-state index contributed by atoms with van der Waals surface area (Å²) in [6.07, 6.45) is 0. The third-order valence-electron chi connectivity index (χ3n) is 3.05. The molecule has 1 amide bonds. The molecule has 0 radical (unpaired) electrons. The molecule has 0 aliphatic heterocycles. The van der Waals surface area contributed by atoms with Crippen molar-refractivity contribution in [1.29, 1.82) is 0 Å². The Hall–Kier alpha value is -2.82. The van der Waals surface area contributed by atoms with Gasteiger partial charge in [0.25, 0.3) is 5.91 Å². The summed E-state index contributed by atoms with van der Waals surface area (Å²) in [5.41, 5.74) is 1.92. The SMILES string of the molecule is COc1cccc(C(=O)Nc2ccc(C(=O)O)cc2C)c1. The fourth-order valence-electron chi connectivity index (χ4n) is 1.90. The first kappa shape index (κ1) is 14.6. The first-order valence-corrected chi connectivity index (χ1v) is 6.30. The number of methoxy groups -OCH3 is 1. The van der Waals surface area contributed by atoms with Crippen LogP contribution in [0.4, 0.5) is 5.69 Å². The summed E-state index contributed by atoms with van der Waals surface area (Å²) < 4.78 is 5.08. The lowest BCUT2D eigenvalue weighted by Gasteiger charge is -2.10. The topological polar surface area (TPSA) is 75.6 Å². The van der Waals surface area contributed by atoms with Crippen LogP contribution in [0, 0.1) is 6.92 Å². The maximum atomic E-state index is 12.2. The molecular formula is C16H15NO4. The number of ether oxygens (including phenoxy) is 1. The van der Waals surface area contributed by atoms with Gasteiger partial charge in [0.15, 0.2) is 0 Å². The van der Waals surface area contributed by atoms with Gasteiger partial charge in [-0.05, 0) is 48.9 Å². The number of hydrogen-bond donors (Lipinski definition) is 2. The number of carbonyl (C=O) groups is 2. The van der Waals surface area contributed by atoms with Crippen LogP contribution < -0.4 is 10.1 Å². The molecule has 0 saturated carbocycles. The molecule has 2 aromatic rings. The van der Waals surface area contributed by atoms with Gasteiger partial charge in [-0.1, -0.05) is 6.07 Å². The number of nitrogens with one attached hydrogen (secondary N) is 1. The highest BCUT2D eigenvalue weighted by molar-refractivity contribution is 6.05. The van der Waals surface area contributed by atoms with E-state index in [0.29, 0.717) is 22.6 Å². The average molecular weight is 285 g/mol. The normalized spacial score (nSPS) is 10.0. The first-order valence-electron chi connectivity index (χ1n) is 6.30. The molecule has 0 saturated heterocycles. The molecule has 2 aromatic carbocycles. The summed E-state index contributed by atoms with van der Waals surface area (Å²) in [5, 5.41) is 11.7. The van der Waals surface area contributed by atoms with Crippen LogP contribution >= 0.6 is 0 Å². The number of amides is 1. The van der Waals surface area contributed by atoms with Gasteiger partial charge in [-0.15, -0.1) is 0 Å². The molecule has 5 nitrogen and oxygen atoms in total. The van der Waals surface area contributed by atoms with E-state index in [1.807, 2.05) is 0 Å². The van der Waals surface area contributed by atoms with Gasteiger partial charge >= 0.3 is 5.97 Å². The summed E-state index contributed by atoms with van der Waals surface area (Å²) in [6.45, 7) is 1.74. The molecule has 0 atom stereocenters. The molecule has 0 aliphatic rings. The van der Waals surface area contributed by atoms with Crippen molar-refractivity contribution >= 4 is 17.6 Å². The van der Waals surface area contributed by atoms with Crippen molar-refractivity contribution in [1.82, 2.24) is 0 Å². The van der Waals surface area contributed by atoms with Crippen LogP contribution in [0.3, 0.4) is 0 Å². The minimum atomic E-state index is -0.997. The van der Waals surface area contributed by atoms with Gasteiger partial charge in [0.05, 0.1) is 12.7 Å². The number of aryl methyl sites for hydroxylation is 1. The minimum Gasteiger partial charge on any atom is -0.497 e. The predicted molar refractivity (Wildman–Crippen MR) is 79.1 cm³/mol. The second-order valence-electron chi connectivity index (χ2n) is 4.52. The van der Waals surface area contributed by atoms with E-state index in [0.717, 1.165) is 0 Å². The van der Waals surface area contributed by atoms with Gasteiger partial charge in [0, 0.05) is 11.3 Å². The highest BCUT2D eigenvalue weighted by atomic mass is 16.5. The smallest absolute Gasteiger partial charge is 0.335 e. The highest BCUT2D eigenvalue weighted by Gasteiger charge is 2.10. The molecule has 108 valence electrons. The number of anilines is 1. The molecule has 2 rings (SSSR count). The van der Waals surface area contributed by atoms with E-state index in [-0.39, 0.29) is 11.5 Å². The van der Waals surface area contributed by atoms with E-state index < -0.39 is 5.97 Å². The van der Waals surface area contributed by atoms with E-state index in [1.54, 1.807) is 37.3 Å². The standard InChI is InChI=1S/C16H15NO4/c1-10-8-12(16(19)20)6-7-14(10)17-15(18)11-4-3-5-13(9-11)21-2/h3-9H,1-2H3,(H,17,18)(H,19,20). The molecule has 0 bridgehead atoms. The quantitative estimate of drug-likeness (QED) is 0.905. The Bertz CT molecular complexity index is 694. The molecule has 5 heteroatoms. The van der Waals surface area contributed by atoms with E-state index in [9.17, 15) is 9.59 Å². The Kier molecular flexibility index (Phi) is 4.23. The number of carbonyl (C=O) groups excluding carboxylic acids is 1. The van der Waals surface area contributed by atoms with Crippen LogP contribution in [0.5, 0.6) is 5.75 Å². The van der Waals surface area contributed by atoms with Crippen LogP contribution in [0.1, 0.15) is 26.3 Å². The molecule has 0 heterocycles. The molecule has 0 unspecified atom stereocenters. The van der Waals surface area contributed by atoms with Crippen LogP contribution in [0.25, 0.3) is 0 Å². The van der Waals surface area contributed by atoms with Gasteiger partial charge in [-0.2, -0.15) is 0 Å². The van der Waals surface area contributed by atoms with Crippen LogP contribution in [-0.2, 0) is 0 Å². The van der Waals surface area contributed by atoms with E-state index in [2.05, 4.69) is 5.32 Å². The van der Waals surface area contributed by atoms with Crippen molar-refractivity contribution in [2.45, 2.75) is 6.92 Å². The molecule has 21 heavy (non-hydrogen) atoms. The fourth-order valence-corrected chi connectivity index (χ4v) is 1.90. The van der Waals surface area contributed by atoms with Crippen molar-refractivity contribution in [3.05, 3.63) is 59.2 Å². The second-order valence-corrected chi connectivity index (χ2v) is 4.52. The maximum Gasteiger partial charge on any atom is 0.335 e. The Morgan fingerprint density at radius 3 is 2.48 bits per heavy atom. The zero-order valence-corrected chi connectivity index (χ0v) is 11.7.